The highest BCUT2D eigenvalue weighted by Crippen LogP contribution is 2.15. The third kappa shape index (κ3) is 5.93. The van der Waals surface area contributed by atoms with Crippen LogP contribution in [0.3, 0.4) is 0 Å². The van der Waals surface area contributed by atoms with Crippen LogP contribution in [0.5, 0.6) is 0 Å². The van der Waals surface area contributed by atoms with Crippen LogP contribution in [0.25, 0.3) is 0 Å². The van der Waals surface area contributed by atoms with Crippen molar-refractivity contribution in [2.75, 3.05) is 11.9 Å². The van der Waals surface area contributed by atoms with E-state index in [0.717, 1.165) is 0 Å². The number of esters is 1. The van der Waals surface area contributed by atoms with Gasteiger partial charge in [-0.15, -0.1) is 0 Å². The molecule has 1 atom stereocenters. The van der Waals surface area contributed by atoms with E-state index in [1.165, 1.54) is 6.92 Å². The number of ether oxygens (including phenoxy) is 1. The molecule has 0 fully saturated rings. The fourth-order valence-electron chi connectivity index (χ4n) is 1.95. The minimum atomic E-state index is -1.01. The summed E-state index contributed by atoms with van der Waals surface area (Å²) >= 11 is 5.84. The second-order valence-corrected chi connectivity index (χ2v) is 5.62. The molecule has 0 radical (unpaired) electrons. The van der Waals surface area contributed by atoms with Crippen molar-refractivity contribution in [2.24, 2.45) is 0 Å². The summed E-state index contributed by atoms with van der Waals surface area (Å²) in [7, 11) is 0. The highest BCUT2D eigenvalue weighted by molar-refractivity contribution is 6.30. The molecule has 0 saturated carbocycles. The molecule has 0 heterocycles. The maximum Gasteiger partial charge on any atom is 0.326 e. The van der Waals surface area contributed by atoms with Gasteiger partial charge in [-0.25, -0.2) is 0 Å². The van der Waals surface area contributed by atoms with Crippen molar-refractivity contribution in [1.82, 2.24) is 5.32 Å². The lowest BCUT2D eigenvalue weighted by Crippen LogP contribution is -2.35. The molecule has 2 amide bonds. The topological polar surface area (TPSA) is 84.5 Å². The summed E-state index contributed by atoms with van der Waals surface area (Å²) in [5.41, 5.74) is 0.930. The molecular weight excluding hydrogens is 344 g/mol. The lowest BCUT2D eigenvalue weighted by molar-refractivity contribution is -0.152. The van der Waals surface area contributed by atoms with E-state index in [1.54, 1.807) is 54.6 Å². The smallest absolute Gasteiger partial charge is 0.326 e. The Morgan fingerprint density at radius 3 is 2.48 bits per heavy atom. The average molecular weight is 361 g/mol. The predicted octanol–water partition coefficient (Wildman–Crippen LogP) is 2.64. The molecular formula is C18H17ClN2O4. The highest BCUT2D eigenvalue weighted by Gasteiger charge is 2.18. The van der Waals surface area contributed by atoms with Crippen LogP contribution in [0.1, 0.15) is 17.3 Å². The molecule has 2 aromatic carbocycles. The summed E-state index contributed by atoms with van der Waals surface area (Å²) in [4.78, 5) is 35.6. The Morgan fingerprint density at radius 1 is 1.08 bits per heavy atom. The molecule has 0 saturated heterocycles. The fourth-order valence-corrected chi connectivity index (χ4v) is 2.14. The van der Waals surface area contributed by atoms with Gasteiger partial charge in [-0.3, -0.25) is 14.4 Å². The molecule has 0 spiro atoms. The molecule has 0 aromatic heterocycles. The number of hydrogen-bond donors (Lipinski definition) is 2. The van der Waals surface area contributed by atoms with E-state index in [9.17, 15) is 14.4 Å². The van der Waals surface area contributed by atoms with Gasteiger partial charge >= 0.3 is 5.97 Å². The van der Waals surface area contributed by atoms with E-state index in [-0.39, 0.29) is 6.54 Å². The molecule has 0 aliphatic heterocycles. The number of nitrogens with one attached hydrogen (secondary N) is 2. The summed E-state index contributed by atoms with van der Waals surface area (Å²) in [5.74, 6) is -1.60. The number of carbonyl (C=O) groups is 3. The number of amides is 2. The molecule has 0 aliphatic carbocycles. The van der Waals surface area contributed by atoms with Gasteiger partial charge in [0, 0.05) is 16.3 Å². The first-order valence-electron chi connectivity index (χ1n) is 7.55. The summed E-state index contributed by atoms with van der Waals surface area (Å²) < 4.78 is 5.00. The van der Waals surface area contributed by atoms with Crippen molar-refractivity contribution in [3.05, 3.63) is 65.2 Å². The van der Waals surface area contributed by atoms with Crippen LogP contribution in [0.15, 0.2) is 54.6 Å². The van der Waals surface area contributed by atoms with Gasteiger partial charge in [-0.2, -0.15) is 0 Å². The van der Waals surface area contributed by atoms with E-state index < -0.39 is 23.9 Å². The number of hydrogen-bond acceptors (Lipinski definition) is 4. The Bertz CT molecular complexity index is 765. The molecule has 0 unspecified atom stereocenters. The summed E-state index contributed by atoms with van der Waals surface area (Å²) in [6, 6.07) is 15.1. The van der Waals surface area contributed by atoms with E-state index in [2.05, 4.69) is 10.6 Å². The van der Waals surface area contributed by atoms with Crippen LogP contribution in [0, 0.1) is 0 Å². The molecule has 130 valence electrons. The second-order valence-electron chi connectivity index (χ2n) is 5.18. The minimum absolute atomic E-state index is 0.331. The maximum atomic E-state index is 12.0. The van der Waals surface area contributed by atoms with Gasteiger partial charge in [0.15, 0.2) is 6.10 Å². The second kappa shape index (κ2) is 8.84. The first kappa shape index (κ1) is 18.5. The minimum Gasteiger partial charge on any atom is -0.451 e. The van der Waals surface area contributed by atoms with Gasteiger partial charge in [-0.1, -0.05) is 35.9 Å². The van der Waals surface area contributed by atoms with Crippen LogP contribution in [-0.2, 0) is 14.3 Å². The van der Waals surface area contributed by atoms with E-state index in [0.29, 0.717) is 16.3 Å². The summed E-state index contributed by atoms with van der Waals surface area (Å²) in [6.45, 7) is 1.11. The molecule has 2 aromatic rings. The molecule has 7 heteroatoms. The number of rotatable bonds is 6. The summed E-state index contributed by atoms with van der Waals surface area (Å²) in [6.07, 6.45) is -1.01. The number of anilines is 1. The van der Waals surface area contributed by atoms with Crippen molar-refractivity contribution in [1.29, 1.82) is 0 Å². The van der Waals surface area contributed by atoms with Crippen LogP contribution in [-0.4, -0.2) is 30.4 Å². The maximum absolute atomic E-state index is 12.0. The molecule has 25 heavy (non-hydrogen) atoms. The number of halogens is 1. The third-order valence-corrected chi connectivity index (χ3v) is 3.43. The zero-order valence-corrected chi connectivity index (χ0v) is 14.2. The Hall–Kier alpha value is -2.86. The van der Waals surface area contributed by atoms with Crippen molar-refractivity contribution >= 4 is 35.1 Å². The van der Waals surface area contributed by atoms with Gasteiger partial charge in [0.25, 0.3) is 11.8 Å². The quantitative estimate of drug-likeness (QED) is 0.775. The predicted molar refractivity (Wildman–Crippen MR) is 94.4 cm³/mol. The van der Waals surface area contributed by atoms with Crippen molar-refractivity contribution < 1.29 is 19.1 Å². The highest BCUT2D eigenvalue weighted by atomic mass is 35.5. The van der Waals surface area contributed by atoms with Crippen molar-refractivity contribution in [3.8, 4) is 0 Å². The lowest BCUT2D eigenvalue weighted by Gasteiger charge is -2.14. The van der Waals surface area contributed by atoms with Gasteiger partial charge in [0.05, 0.1) is 0 Å². The third-order valence-electron chi connectivity index (χ3n) is 3.20. The fraction of sp³-hybridized carbons (Fsp3) is 0.167. The zero-order chi connectivity index (χ0) is 18.2. The lowest BCUT2D eigenvalue weighted by atomic mass is 10.2. The van der Waals surface area contributed by atoms with Gasteiger partial charge in [-0.05, 0) is 37.3 Å². The Balaban J connectivity index is 1.79. The first-order valence-corrected chi connectivity index (χ1v) is 7.92. The Labute approximate surface area is 150 Å². The normalized spacial score (nSPS) is 11.3. The zero-order valence-electron chi connectivity index (χ0n) is 13.5. The average Bonchev–Trinajstić information content (AvgIpc) is 2.60. The standard InChI is InChI=1S/C18H17ClN2O4/c1-12(17(23)21-15-9-5-8-14(19)10-15)25-16(22)11-20-18(24)13-6-3-2-4-7-13/h2-10,12H,11H2,1H3,(H,20,24)(H,21,23)/t12-/m0/s1. The largest absolute Gasteiger partial charge is 0.451 e. The van der Waals surface area contributed by atoms with Crippen molar-refractivity contribution in [2.45, 2.75) is 13.0 Å². The van der Waals surface area contributed by atoms with Crippen LogP contribution in [0.4, 0.5) is 5.69 Å². The molecule has 2 rings (SSSR count). The summed E-state index contributed by atoms with van der Waals surface area (Å²) in [5, 5.41) is 5.51. The monoisotopic (exact) mass is 360 g/mol. The van der Waals surface area contributed by atoms with Gasteiger partial charge in [0.2, 0.25) is 0 Å². The van der Waals surface area contributed by atoms with E-state index in [4.69, 9.17) is 16.3 Å². The number of benzene rings is 2. The van der Waals surface area contributed by atoms with Crippen molar-refractivity contribution in [3.63, 3.8) is 0 Å². The van der Waals surface area contributed by atoms with Crippen LogP contribution < -0.4 is 10.6 Å². The molecule has 2 N–H and O–H groups in total. The molecule has 0 bridgehead atoms. The first-order chi connectivity index (χ1) is 12.0. The Morgan fingerprint density at radius 2 is 1.80 bits per heavy atom. The van der Waals surface area contributed by atoms with Crippen LogP contribution >= 0.6 is 11.6 Å². The molecule has 6 nitrogen and oxygen atoms in total. The van der Waals surface area contributed by atoms with Gasteiger partial charge in [0.1, 0.15) is 6.54 Å². The number of carbonyl (C=O) groups excluding carboxylic acids is 3. The molecule has 0 aliphatic rings. The van der Waals surface area contributed by atoms with Crippen LogP contribution in [0.2, 0.25) is 5.02 Å². The SMILES string of the molecule is C[C@H](OC(=O)CNC(=O)c1ccccc1)C(=O)Nc1cccc(Cl)c1. The van der Waals surface area contributed by atoms with E-state index in [1.807, 2.05) is 0 Å². The Kier molecular flexibility index (Phi) is 6.54. The van der Waals surface area contributed by atoms with Gasteiger partial charge < -0.3 is 15.4 Å². The van der Waals surface area contributed by atoms with E-state index >= 15 is 0 Å².